The number of hydrogen-bond acceptors (Lipinski definition) is 4. The van der Waals surface area contributed by atoms with E-state index in [0.29, 0.717) is 19.8 Å². The maximum atomic E-state index is 11.9. The van der Waals surface area contributed by atoms with Gasteiger partial charge in [-0.3, -0.25) is 0 Å². The Balaban J connectivity index is 1.90. The summed E-state index contributed by atoms with van der Waals surface area (Å²) in [6.07, 6.45) is 1.78. The third kappa shape index (κ3) is 4.84. The Hall–Kier alpha value is -1.92. The average molecular weight is 305 g/mol. The fourth-order valence-corrected chi connectivity index (χ4v) is 2.54. The van der Waals surface area contributed by atoms with Crippen LogP contribution in [0.4, 0.5) is 10.5 Å². The van der Waals surface area contributed by atoms with Gasteiger partial charge in [0.05, 0.1) is 18.2 Å². The van der Waals surface area contributed by atoms with Crippen LogP contribution in [0.3, 0.4) is 0 Å². The topological polar surface area (TPSA) is 63.2 Å². The van der Waals surface area contributed by atoms with Crippen LogP contribution in [0.1, 0.15) is 22.4 Å². The number of carbonyl (C=O) groups excluding carboxylic acids is 1. The molecule has 0 fully saturated rings. The molecule has 1 heterocycles. The number of aryl methyl sites for hydroxylation is 1. The van der Waals surface area contributed by atoms with Crippen LogP contribution in [0.2, 0.25) is 0 Å². The van der Waals surface area contributed by atoms with Crippen molar-refractivity contribution in [1.82, 2.24) is 10.3 Å². The third-order valence-electron chi connectivity index (χ3n) is 2.82. The van der Waals surface area contributed by atoms with Gasteiger partial charge in [-0.05, 0) is 19.9 Å². The zero-order chi connectivity index (χ0) is 15.1. The Labute approximate surface area is 128 Å². The second-order valence-corrected chi connectivity index (χ2v) is 5.77. The molecule has 0 spiro atoms. The average Bonchev–Trinajstić information content (AvgIpc) is 2.90. The number of para-hydroxylation sites is 1. The molecule has 1 aromatic carbocycles. The smallest absolute Gasteiger partial charge is 0.319 e. The van der Waals surface area contributed by atoms with E-state index in [0.717, 1.165) is 21.1 Å². The van der Waals surface area contributed by atoms with Gasteiger partial charge in [0, 0.05) is 28.9 Å². The van der Waals surface area contributed by atoms with Gasteiger partial charge in [-0.1, -0.05) is 18.2 Å². The van der Waals surface area contributed by atoms with Gasteiger partial charge >= 0.3 is 6.03 Å². The van der Waals surface area contributed by atoms with E-state index in [-0.39, 0.29) is 6.03 Å². The highest BCUT2D eigenvalue weighted by Crippen LogP contribution is 2.16. The Morgan fingerprint density at radius 3 is 2.90 bits per heavy atom. The molecule has 0 saturated carbocycles. The summed E-state index contributed by atoms with van der Waals surface area (Å²) in [4.78, 5) is 17.1. The van der Waals surface area contributed by atoms with E-state index >= 15 is 0 Å². The van der Waals surface area contributed by atoms with Crippen LogP contribution in [0.15, 0.2) is 30.5 Å². The van der Waals surface area contributed by atoms with Crippen molar-refractivity contribution >= 4 is 23.1 Å². The van der Waals surface area contributed by atoms with Crippen molar-refractivity contribution in [3.05, 3.63) is 45.9 Å². The molecular weight excluding hydrogens is 286 g/mol. The van der Waals surface area contributed by atoms with E-state index < -0.39 is 0 Å². The molecule has 5 nitrogen and oxygen atoms in total. The molecule has 0 aliphatic carbocycles. The van der Waals surface area contributed by atoms with E-state index in [4.69, 9.17) is 4.74 Å². The first kappa shape index (κ1) is 15.5. The molecule has 2 amide bonds. The molecule has 2 N–H and O–H groups in total. The number of carbonyl (C=O) groups is 1. The second-order valence-electron chi connectivity index (χ2n) is 4.45. The van der Waals surface area contributed by atoms with Crippen molar-refractivity contribution in [2.24, 2.45) is 0 Å². The largest absolute Gasteiger partial charge is 0.377 e. The Bertz CT molecular complexity index is 598. The number of anilines is 1. The van der Waals surface area contributed by atoms with Gasteiger partial charge in [-0.25, -0.2) is 9.78 Å². The van der Waals surface area contributed by atoms with Crippen LogP contribution in [-0.2, 0) is 17.9 Å². The summed E-state index contributed by atoms with van der Waals surface area (Å²) >= 11 is 1.58. The predicted molar refractivity (Wildman–Crippen MR) is 84.5 cm³/mol. The fraction of sp³-hybridized carbons (Fsp3) is 0.333. The van der Waals surface area contributed by atoms with Crippen LogP contribution in [-0.4, -0.2) is 17.6 Å². The number of amides is 2. The first-order valence-corrected chi connectivity index (χ1v) is 7.62. The maximum Gasteiger partial charge on any atom is 0.319 e. The molecule has 0 unspecified atom stereocenters. The normalized spacial score (nSPS) is 10.4. The van der Waals surface area contributed by atoms with Crippen molar-refractivity contribution < 1.29 is 9.53 Å². The van der Waals surface area contributed by atoms with Gasteiger partial charge in [0.25, 0.3) is 0 Å². The van der Waals surface area contributed by atoms with Crippen molar-refractivity contribution in [2.75, 3.05) is 11.9 Å². The zero-order valence-electron chi connectivity index (χ0n) is 12.2. The van der Waals surface area contributed by atoms with E-state index in [9.17, 15) is 4.79 Å². The van der Waals surface area contributed by atoms with Crippen LogP contribution in [0, 0.1) is 6.92 Å². The number of urea groups is 1. The molecule has 0 radical (unpaired) electrons. The molecule has 0 saturated heterocycles. The van der Waals surface area contributed by atoms with E-state index in [1.54, 1.807) is 17.5 Å². The quantitative estimate of drug-likeness (QED) is 0.860. The van der Waals surface area contributed by atoms with Crippen LogP contribution in [0.5, 0.6) is 0 Å². The lowest BCUT2D eigenvalue weighted by molar-refractivity contribution is 0.134. The highest BCUT2D eigenvalue weighted by atomic mass is 32.1. The van der Waals surface area contributed by atoms with Gasteiger partial charge in [-0.2, -0.15) is 0 Å². The van der Waals surface area contributed by atoms with Crippen LogP contribution >= 0.6 is 11.3 Å². The molecule has 112 valence electrons. The van der Waals surface area contributed by atoms with Crippen molar-refractivity contribution in [2.45, 2.75) is 27.0 Å². The molecule has 0 atom stereocenters. The summed E-state index contributed by atoms with van der Waals surface area (Å²) < 4.78 is 5.40. The van der Waals surface area contributed by atoms with Gasteiger partial charge in [-0.15, -0.1) is 11.3 Å². The highest BCUT2D eigenvalue weighted by Gasteiger charge is 2.07. The van der Waals surface area contributed by atoms with E-state index in [2.05, 4.69) is 15.6 Å². The van der Waals surface area contributed by atoms with Crippen molar-refractivity contribution in [3.63, 3.8) is 0 Å². The summed E-state index contributed by atoms with van der Waals surface area (Å²) in [6, 6.07) is 7.39. The maximum absolute atomic E-state index is 11.9. The van der Waals surface area contributed by atoms with E-state index in [1.165, 1.54) is 0 Å². The lowest BCUT2D eigenvalue weighted by atomic mass is 10.2. The third-order valence-corrected chi connectivity index (χ3v) is 3.73. The van der Waals surface area contributed by atoms with Crippen molar-refractivity contribution in [1.29, 1.82) is 0 Å². The summed E-state index contributed by atoms with van der Waals surface area (Å²) in [5.41, 5.74) is 1.73. The minimum Gasteiger partial charge on any atom is -0.377 e. The number of aromatic nitrogens is 1. The monoisotopic (exact) mass is 305 g/mol. The number of rotatable bonds is 6. The highest BCUT2D eigenvalue weighted by molar-refractivity contribution is 7.11. The molecule has 0 aliphatic heterocycles. The minimum absolute atomic E-state index is 0.231. The van der Waals surface area contributed by atoms with Gasteiger partial charge in [0.15, 0.2) is 0 Å². The molecular formula is C15H19N3O2S. The van der Waals surface area contributed by atoms with Crippen molar-refractivity contribution in [3.8, 4) is 0 Å². The van der Waals surface area contributed by atoms with E-state index in [1.807, 2.05) is 38.1 Å². The zero-order valence-corrected chi connectivity index (χ0v) is 13.0. The first-order valence-electron chi connectivity index (χ1n) is 6.81. The number of hydrogen-bond donors (Lipinski definition) is 2. The summed E-state index contributed by atoms with van der Waals surface area (Å²) in [6.45, 7) is 5.50. The first-order chi connectivity index (χ1) is 10.2. The van der Waals surface area contributed by atoms with Gasteiger partial charge in [0.1, 0.15) is 0 Å². The van der Waals surface area contributed by atoms with Gasteiger partial charge < -0.3 is 15.4 Å². The summed E-state index contributed by atoms with van der Waals surface area (Å²) in [5, 5.41) is 6.67. The van der Waals surface area contributed by atoms with Crippen LogP contribution < -0.4 is 10.6 Å². The van der Waals surface area contributed by atoms with Crippen LogP contribution in [0.25, 0.3) is 0 Å². The number of nitrogens with zero attached hydrogens (tertiary/aromatic N) is 1. The minimum atomic E-state index is -0.231. The predicted octanol–water partition coefficient (Wildman–Crippen LogP) is 3.31. The number of nitrogens with one attached hydrogen (secondary N) is 2. The number of thiazole rings is 1. The molecule has 2 rings (SSSR count). The number of ether oxygens (including phenoxy) is 1. The molecule has 0 bridgehead atoms. The summed E-state index contributed by atoms with van der Waals surface area (Å²) in [5.74, 6) is 0. The molecule has 2 aromatic rings. The van der Waals surface area contributed by atoms with Gasteiger partial charge in [0.2, 0.25) is 0 Å². The number of benzene rings is 1. The lowest BCUT2D eigenvalue weighted by Gasteiger charge is -2.11. The Morgan fingerprint density at radius 1 is 1.38 bits per heavy atom. The molecule has 6 heteroatoms. The molecule has 21 heavy (non-hydrogen) atoms. The standard InChI is InChI=1S/C15H19N3O2S/c1-3-20-10-12-6-4-5-7-14(12)18-15(19)17-9-13-8-16-11(2)21-13/h4-8H,3,9-10H2,1-2H3,(H2,17,18,19). The molecule has 0 aliphatic rings. The summed E-state index contributed by atoms with van der Waals surface area (Å²) in [7, 11) is 0. The SMILES string of the molecule is CCOCc1ccccc1NC(=O)NCc1cnc(C)s1. The Morgan fingerprint density at radius 2 is 2.19 bits per heavy atom. The lowest BCUT2D eigenvalue weighted by Crippen LogP contribution is -2.28. The fourth-order valence-electron chi connectivity index (χ4n) is 1.80. The second kappa shape index (κ2) is 7.75. The Kier molecular flexibility index (Phi) is 5.71. The molecule has 1 aromatic heterocycles.